The standard InChI is InChI=1S/C20H24ClN3O/c1-5-23(13-15(2)3)19(25)12-11-18-16(4)22-24(20(18)21)14-17-9-7-6-8-10-17/h6-12H,2,5,13-14H2,1,3-4H3. The molecule has 5 heteroatoms. The third-order valence-electron chi connectivity index (χ3n) is 3.83. The van der Waals surface area contributed by atoms with Crippen LogP contribution < -0.4 is 0 Å². The van der Waals surface area contributed by atoms with Crippen LogP contribution in [-0.2, 0) is 11.3 Å². The first-order valence-electron chi connectivity index (χ1n) is 8.30. The number of aromatic nitrogens is 2. The molecule has 1 aromatic heterocycles. The fourth-order valence-corrected chi connectivity index (χ4v) is 2.85. The first kappa shape index (κ1) is 19.0. The van der Waals surface area contributed by atoms with E-state index in [2.05, 4.69) is 11.7 Å². The number of halogens is 1. The van der Waals surface area contributed by atoms with Gasteiger partial charge in [-0.05, 0) is 32.4 Å². The fraction of sp³-hybridized carbons (Fsp3) is 0.300. The molecule has 2 rings (SSSR count). The Balaban J connectivity index is 2.17. The molecule has 4 nitrogen and oxygen atoms in total. The van der Waals surface area contributed by atoms with Crippen molar-refractivity contribution in [1.29, 1.82) is 0 Å². The zero-order chi connectivity index (χ0) is 18.4. The lowest BCUT2D eigenvalue weighted by Gasteiger charge is -2.18. The summed E-state index contributed by atoms with van der Waals surface area (Å²) in [6.45, 7) is 11.4. The van der Waals surface area contributed by atoms with Crippen molar-refractivity contribution in [2.75, 3.05) is 13.1 Å². The SMILES string of the molecule is C=C(C)CN(CC)C(=O)C=Cc1c(C)nn(Cc2ccccc2)c1Cl. The fourth-order valence-electron chi connectivity index (χ4n) is 2.55. The van der Waals surface area contributed by atoms with Crippen LogP contribution in [-0.4, -0.2) is 33.7 Å². The summed E-state index contributed by atoms with van der Waals surface area (Å²) in [5, 5.41) is 5.03. The van der Waals surface area contributed by atoms with E-state index in [1.165, 1.54) is 0 Å². The van der Waals surface area contributed by atoms with Gasteiger partial charge in [0.2, 0.25) is 5.91 Å². The molecule has 0 aliphatic rings. The summed E-state index contributed by atoms with van der Waals surface area (Å²) in [4.78, 5) is 14.1. The van der Waals surface area contributed by atoms with Gasteiger partial charge in [0.1, 0.15) is 5.15 Å². The zero-order valence-corrected chi connectivity index (χ0v) is 15.8. The zero-order valence-electron chi connectivity index (χ0n) is 15.0. The van der Waals surface area contributed by atoms with Gasteiger partial charge in [-0.3, -0.25) is 4.79 Å². The first-order valence-corrected chi connectivity index (χ1v) is 8.68. The number of rotatable bonds is 7. The molecule has 0 N–H and O–H groups in total. The average molecular weight is 358 g/mol. The summed E-state index contributed by atoms with van der Waals surface area (Å²) in [6.07, 6.45) is 3.30. The highest BCUT2D eigenvalue weighted by atomic mass is 35.5. The number of carbonyl (C=O) groups is 1. The summed E-state index contributed by atoms with van der Waals surface area (Å²) in [6, 6.07) is 10.0. The quantitative estimate of drug-likeness (QED) is 0.546. The van der Waals surface area contributed by atoms with E-state index in [1.807, 2.05) is 51.1 Å². The highest BCUT2D eigenvalue weighted by Crippen LogP contribution is 2.22. The Labute approximate surface area is 154 Å². The number of nitrogens with zero attached hydrogens (tertiary/aromatic N) is 3. The Morgan fingerprint density at radius 3 is 2.64 bits per heavy atom. The molecule has 0 saturated heterocycles. The highest BCUT2D eigenvalue weighted by Gasteiger charge is 2.13. The van der Waals surface area contributed by atoms with Crippen molar-refractivity contribution in [2.45, 2.75) is 27.3 Å². The number of aryl methyl sites for hydroxylation is 1. The largest absolute Gasteiger partial charge is 0.335 e. The number of benzene rings is 1. The predicted molar refractivity (Wildman–Crippen MR) is 104 cm³/mol. The van der Waals surface area contributed by atoms with Crippen LogP contribution in [0.15, 0.2) is 48.6 Å². The molecule has 2 aromatic rings. The van der Waals surface area contributed by atoms with Crippen LogP contribution in [0.3, 0.4) is 0 Å². The minimum atomic E-state index is -0.0585. The molecule has 0 aliphatic heterocycles. The van der Waals surface area contributed by atoms with Gasteiger partial charge in [-0.2, -0.15) is 5.10 Å². The van der Waals surface area contributed by atoms with Crippen molar-refractivity contribution in [3.63, 3.8) is 0 Å². The van der Waals surface area contributed by atoms with E-state index < -0.39 is 0 Å². The Morgan fingerprint density at radius 1 is 1.36 bits per heavy atom. The van der Waals surface area contributed by atoms with E-state index in [-0.39, 0.29) is 5.91 Å². The van der Waals surface area contributed by atoms with Crippen molar-refractivity contribution in [3.05, 3.63) is 70.5 Å². The van der Waals surface area contributed by atoms with Gasteiger partial charge in [0.05, 0.1) is 12.2 Å². The van der Waals surface area contributed by atoms with Gasteiger partial charge in [0.15, 0.2) is 0 Å². The maximum atomic E-state index is 12.3. The minimum absolute atomic E-state index is 0.0585. The number of hydrogen-bond donors (Lipinski definition) is 0. The lowest BCUT2D eigenvalue weighted by molar-refractivity contribution is -0.125. The van der Waals surface area contributed by atoms with E-state index in [4.69, 9.17) is 11.6 Å². The highest BCUT2D eigenvalue weighted by molar-refractivity contribution is 6.31. The van der Waals surface area contributed by atoms with Gasteiger partial charge in [-0.15, -0.1) is 0 Å². The molecule has 1 heterocycles. The summed E-state index contributed by atoms with van der Waals surface area (Å²) < 4.78 is 1.75. The van der Waals surface area contributed by atoms with Crippen molar-refractivity contribution >= 4 is 23.6 Å². The van der Waals surface area contributed by atoms with Gasteiger partial charge < -0.3 is 4.90 Å². The topological polar surface area (TPSA) is 38.1 Å². The third kappa shape index (κ3) is 5.07. The van der Waals surface area contributed by atoms with Gasteiger partial charge in [0, 0.05) is 24.7 Å². The van der Waals surface area contributed by atoms with Crippen LogP contribution in [0, 0.1) is 6.92 Å². The van der Waals surface area contributed by atoms with Gasteiger partial charge in [0.25, 0.3) is 0 Å². The lowest BCUT2D eigenvalue weighted by atomic mass is 10.2. The molecule has 0 unspecified atom stereocenters. The summed E-state index contributed by atoms with van der Waals surface area (Å²) in [7, 11) is 0. The van der Waals surface area contributed by atoms with Crippen LogP contribution in [0.1, 0.15) is 30.7 Å². The minimum Gasteiger partial charge on any atom is -0.335 e. The second kappa shape index (κ2) is 8.67. The van der Waals surface area contributed by atoms with Crippen molar-refractivity contribution in [1.82, 2.24) is 14.7 Å². The van der Waals surface area contributed by atoms with Crippen LogP contribution in [0.25, 0.3) is 6.08 Å². The van der Waals surface area contributed by atoms with E-state index in [0.29, 0.717) is 24.8 Å². The Hall–Kier alpha value is -2.33. The summed E-state index contributed by atoms with van der Waals surface area (Å²) in [5.41, 5.74) is 3.65. The molecule has 25 heavy (non-hydrogen) atoms. The Bertz CT molecular complexity index is 778. The third-order valence-corrected chi connectivity index (χ3v) is 4.23. The average Bonchev–Trinajstić information content (AvgIpc) is 2.85. The van der Waals surface area contributed by atoms with Gasteiger partial charge in [-0.25, -0.2) is 4.68 Å². The van der Waals surface area contributed by atoms with Crippen LogP contribution in [0.5, 0.6) is 0 Å². The molecule has 0 bridgehead atoms. The maximum absolute atomic E-state index is 12.3. The second-order valence-electron chi connectivity index (χ2n) is 6.08. The predicted octanol–water partition coefficient (Wildman–Crippen LogP) is 4.33. The molecule has 0 aliphatic carbocycles. The molecule has 132 valence electrons. The maximum Gasteiger partial charge on any atom is 0.246 e. The molecular formula is C20H24ClN3O. The molecule has 0 atom stereocenters. The number of likely N-dealkylation sites (N-methyl/N-ethyl adjacent to an activating group) is 1. The van der Waals surface area contributed by atoms with Crippen LogP contribution >= 0.6 is 11.6 Å². The van der Waals surface area contributed by atoms with Crippen molar-refractivity contribution in [2.24, 2.45) is 0 Å². The second-order valence-corrected chi connectivity index (χ2v) is 6.43. The molecular weight excluding hydrogens is 334 g/mol. The smallest absolute Gasteiger partial charge is 0.246 e. The summed E-state index contributed by atoms with van der Waals surface area (Å²) in [5.74, 6) is -0.0585. The Morgan fingerprint density at radius 2 is 2.04 bits per heavy atom. The van der Waals surface area contributed by atoms with Gasteiger partial charge in [-0.1, -0.05) is 54.1 Å². The molecule has 0 radical (unpaired) electrons. The van der Waals surface area contributed by atoms with E-state index in [9.17, 15) is 4.79 Å². The molecule has 0 spiro atoms. The number of amides is 1. The van der Waals surface area contributed by atoms with E-state index in [0.717, 1.165) is 22.4 Å². The van der Waals surface area contributed by atoms with E-state index >= 15 is 0 Å². The van der Waals surface area contributed by atoms with Crippen molar-refractivity contribution < 1.29 is 4.79 Å². The van der Waals surface area contributed by atoms with Gasteiger partial charge >= 0.3 is 0 Å². The summed E-state index contributed by atoms with van der Waals surface area (Å²) >= 11 is 6.47. The van der Waals surface area contributed by atoms with Crippen molar-refractivity contribution in [3.8, 4) is 0 Å². The number of carbonyl (C=O) groups excluding carboxylic acids is 1. The first-order chi connectivity index (χ1) is 11.9. The molecule has 0 fully saturated rings. The van der Waals surface area contributed by atoms with Crippen LogP contribution in [0.2, 0.25) is 5.15 Å². The molecule has 0 saturated carbocycles. The molecule has 1 aromatic carbocycles. The molecule has 1 amide bonds. The monoisotopic (exact) mass is 357 g/mol. The normalized spacial score (nSPS) is 11.0. The Kier molecular flexibility index (Phi) is 6.59. The number of hydrogen-bond acceptors (Lipinski definition) is 2. The lowest BCUT2D eigenvalue weighted by Crippen LogP contribution is -2.30. The van der Waals surface area contributed by atoms with E-state index in [1.54, 1.807) is 21.7 Å². The van der Waals surface area contributed by atoms with Crippen LogP contribution in [0.4, 0.5) is 0 Å².